The van der Waals surface area contributed by atoms with Crippen LogP contribution in [0.3, 0.4) is 0 Å². The van der Waals surface area contributed by atoms with Gasteiger partial charge in [0.05, 0.1) is 0 Å². The molecule has 8 heteroatoms. The second-order valence-electron chi connectivity index (χ2n) is 7.19. The van der Waals surface area contributed by atoms with E-state index >= 15 is 0 Å². The predicted octanol–water partition coefficient (Wildman–Crippen LogP) is 1.30. The number of benzene rings is 1. The van der Waals surface area contributed by atoms with Gasteiger partial charge in [0, 0.05) is 30.3 Å². The summed E-state index contributed by atoms with van der Waals surface area (Å²) in [7, 11) is 0. The molecule has 2 N–H and O–H groups in total. The largest absolute Gasteiger partial charge is 0.349 e. The summed E-state index contributed by atoms with van der Waals surface area (Å²) in [6.07, 6.45) is 5.93. The van der Waals surface area contributed by atoms with Crippen molar-refractivity contribution in [2.75, 3.05) is 5.32 Å². The zero-order chi connectivity index (χ0) is 18.8. The second-order valence-corrected chi connectivity index (χ2v) is 7.19. The molecule has 2 heterocycles. The van der Waals surface area contributed by atoms with Crippen molar-refractivity contribution < 1.29 is 9.59 Å². The molecule has 1 fully saturated rings. The predicted molar refractivity (Wildman–Crippen MR) is 99.6 cm³/mol. The highest BCUT2D eigenvalue weighted by Gasteiger charge is 2.23. The fourth-order valence-corrected chi connectivity index (χ4v) is 3.27. The molecule has 1 aliphatic carbocycles. The number of hydrogen-bond acceptors (Lipinski definition) is 4. The molecule has 8 nitrogen and oxygen atoms in total. The van der Waals surface area contributed by atoms with Crippen LogP contribution in [-0.4, -0.2) is 32.2 Å². The minimum atomic E-state index is -0.319. The summed E-state index contributed by atoms with van der Waals surface area (Å²) in [6, 6.07) is 7.03. The quantitative estimate of drug-likeness (QED) is 0.830. The fourth-order valence-electron chi connectivity index (χ4n) is 3.27. The van der Waals surface area contributed by atoms with Crippen molar-refractivity contribution in [3.05, 3.63) is 46.1 Å². The third-order valence-corrected chi connectivity index (χ3v) is 4.92. The van der Waals surface area contributed by atoms with Crippen LogP contribution in [0.4, 0.5) is 5.69 Å². The van der Waals surface area contributed by atoms with Gasteiger partial charge < -0.3 is 10.6 Å². The minimum Gasteiger partial charge on any atom is -0.349 e. The normalized spacial score (nSPS) is 16.3. The summed E-state index contributed by atoms with van der Waals surface area (Å²) in [5.41, 5.74) is 0.917. The molecule has 2 aliphatic rings. The third-order valence-electron chi connectivity index (χ3n) is 4.92. The van der Waals surface area contributed by atoms with Crippen LogP contribution in [0, 0.1) is 0 Å². The molecule has 0 bridgehead atoms. The van der Waals surface area contributed by atoms with Gasteiger partial charge in [-0.2, -0.15) is 5.10 Å². The van der Waals surface area contributed by atoms with Crippen LogP contribution >= 0.6 is 0 Å². The number of anilines is 1. The highest BCUT2D eigenvalue weighted by atomic mass is 16.2. The molecule has 0 unspecified atom stereocenters. The number of hydrogen-bond donors (Lipinski definition) is 2. The SMILES string of the molecule is O=C(Cn1nc2n(c1=O)CCCCC2)Nc1ccc(C(=O)NC2CC2)cc1. The standard InChI is InChI=1S/C19H23N5O3/c25-17(12-24-19(27)23-11-3-1-2-4-16(23)22-24)20-14-7-5-13(6-8-14)18(26)21-15-9-10-15/h5-8,15H,1-4,9-12H2,(H,20,25)(H,21,26). The number of aromatic nitrogens is 3. The number of fused-ring (bicyclic) bond motifs is 1. The zero-order valence-corrected chi connectivity index (χ0v) is 15.1. The van der Waals surface area contributed by atoms with E-state index < -0.39 is 0 Å². The van der Waals surface area contributed by atoms with E-state index in [4.69, 9.17) is 0 Å². The van der Waals surface area contributed by atoms with E-state index in [0.29, 0.717) is 23.8 Å². The number of amides is 2. The van der Waals surface area contributed by atoms with Gasteiger partial charge in [-0.3, -0.25) is 14.2 Å². The molecule has 2 aromatic rings. The number of aryl methyl sites for hydroxylation is 1. The van der Waals surface area contributed by atoms with Crippen molar-refractivity contribution in [2.24, 2.45) is 0 Å². The number of rotatable bonds is 5. The minimum absolute atomic E-state index is 0.0959. The van der Waals surface area contributed by atoms with Crippen molar-refractivity contribution in [3.8, 4) is 0 Å². The molecular weight excluding hydrogens is 346 g/mol. The van der Waals surface area contributed by atoms with Crippen LogP contribution < -0.4 is 16.3 Å². The summed E-state index contributed by atoms with van der Waals surface area (Å²) < 4.78 is 2.90. The van der Waals surface area contributed by atoms with E-state index in [2.05, 4.69) is 15.7 Å². The molecule has 1 saturated carbocycles. The van der Waals surface area contributed by atoms with Crippen LogP contribution in [0.5, 0.6) is 0 Å². The Labute approximate surface area is 156 Å². The van der Waals surface area contributed by atoms with Crippen LogP contribution in [-0.2, 0) is 24.3 Å². The van der Waals surface area contributed by atoms with Crippen molar-refractivity contribution in [1.82, 2.24) is 19.7 Å². The Morgan fingerprint density at radius 1 is 1.11 bits per heavy atom. The lowest BCUT2D eigenvalue weighted by Gasteiger charge is -2.07. The van der Waals surface area contributed by atoms with Crippen molar-refractivity contribution >= 4 is 17.5 Å². The Morgan fingerprint density at radius 2 is 1.89 bits per heavy atom. The molecule has 2 amide bonds. The summed E-state index contributed by atoms with van der Waals surface area (Å²) in [4.78, 5) is 36.7. The highest BCUT2D eigenvalue weighted by molar-refractivity contribution is 5.96. The number of carbonyl (C=O) groups is 2. The molecular formula is C19H23N5O3. The maximum absolute atomic E-state index is 12.4. The van der Waals surface area contributed by atoms with E-state index in [-0.39, 0.29) is 24.0 Å². The molecule has 4 rings (SSSR count). The number of nitrogens with zero attached hydrogens (tertiary/aromatic N) is 3. The van der Waals surface area contributed by atoms with E-state index in [0.717, 1.165) is 44.3 Å². The molecule has 142 valence electrons. The molecule has 0 saturated heterocycles. The average Bonchev–Trinajstić information content (AvgIpc) is 3.45. The second kappa shape index (κ2) is 7.38. The smallest absolute Gasteiger partial charge is 0.346 e. The monoisotopic (exact) mass is 369 g/mol. The van der Waals surface area contributed by atoms with E-state index in [9.17, 15) is 14.4 Å². The van der Waals surface area contributed by atoms with Crippen molar-refractivity contribution in [3.63, 3.8) is 0 Å². The maximum atomic E-state index is 12.4. The summed E-state index contributed by atoms with van der Waals surface area (Å²) in [5, 5.41) is 9.99. The molecule has 0 atom stereocenters. The third kappa shape index (κ3) is 4.10. The van der Waals surface area contributed by atoms with Crippen molar-refractivity contribution in [2.45, 2.75) is 57.7 Å². The summed E-state index contributed by atoms with van der Waals surface area (Å²) >= 11 is 0. The summed E-state index contributed by atoms with van der Waals surface area (Å²) in [5.74, 6) is 0.346. The van der Waals surface area contributed by atoms with Crippen LogP contribution in [0.15, 0.2) is 29.1 Å². The highest BCUT2D eigenvalue weighted by Crippen LogP contribution is 2.19. The van der Waals surface area contributed by atoms with Crippen LogP contribution in [0.25, 0.3) is 0 Å². The Morgan fingerprint density at radius 3 is 2.63 bits per heavy atom. The molecule has 0 radical (unpaired) electrons. The van der Waals surface area contributed by atoms with Gasteiger partial charge in [0.15, 0.2) is 0 Å². The van der Waals surface area contributed by atoms with Gasteiger partial charge in [-0.05, 0) is 49.9 Å². The topological polar surface area (TPSA) is 98.0 Å². The molecule has 1 aliphatic heterocycles. The van der Waals surface area contributed by atoms with E-state index in [1.165, 1.54) is 4.68 Å². The maximum Gasteiger partial charge on any atom is 0.346 e. The van der Waals surface area contributed by atoms with Gasteiger partial charge in [0.1, 0.15) is 12.4 Å². The Balaban J connectivity index is 1.38. The first kappa shape index (κ1) is 17.5. The van der Waals surface area contributed by atoms with Gasteiger partial charge in [-0.25, -0.2) is 9.48 Å². The molecule has 1 aromatic heterocycles. The summed E-state index contributed by atoms with van der Waals surface area (Å²) in [6.45, 7) is 0.545. The van der Waals surface area contributed by atoms with Crippen LogP contribution in [0.2, 0.25) is 0 Å². The molecule has 27 heavy (non-hydrogen) atoms. The molecule has 0 spiro atoms. The Hall–Kier alpha value is -2.90. The first-order valence-corrected chi connectivity index (χ1v) is 9.47. The van der Waals surface area contributed by atoms with Crippen LogP contribution in [0.1, 0.15) is 48.3 Å². The van der Waals surface area contributed by atoms with Gasteiger partial charge in [0.25, 0.3) is 5.91 Å². The first-order valence-electron chi connectivity index (χ1n) is 9.47. The lowest BCUT2D eigenvalue weighted by molar-refractivity contribution is -0.117. The first-order chi connectivity index (χ1) is 13.1. The zero-order valence-electron chi connectivity index (χ0n) is 15.1. The van der Waals surface area contributed by atoms with E-state index in [1.54, 1.807) is 28.8 Å². The van der Waals surface area contributed by atoms with E-state index in [1.807, 2.05) is 0 Å². The Kier molecular flexibility index (Phi) is 4.79. The van der Waals surface area contributed by atoms with Gasteiger partial charge in [0.2, 0.25) is 5.91 Å². The lowest BCUT2D eigenvalue weighted by Crippen LogP contribution is -2.30. The van der Waals surface area contributed by atoms with Gasteiger partial charge in [-0.15, -0.1) is 0 Å². The Bertz CT molecular complexity index is 908. The van der Waals surface area contributed by atoms with Gasteiger partial charge >= 0.3 is 5.69 Å². The number of carbonyl (C=O) groups excluding carboxylic acids is 2. The lowest BCUT2D eigenvalue weighted by atomic mass is 10.2. The average molecular weight is 369 g/mol. The number of nitrogens with one attached hydrogen (secondary N) is 2. The molecule has 1 aromatic carbocycles. The van der Waals surface area contributed by atoms with Crippen molar-refractivity contribution in [1.29, 1.82) is 0 Å². The fraction of sp³-hybridized carbons (Fsp3) is 0.474. The van der Waals surface area contributed by atoms with Gasteiger partial charge in [-0.1, -0.05) is 6.42 Å².